The molecule has 1 aliphatic rings. The van der Waals surface area contributed by atoms with Crippen LogP contribution in [0.1, 0.15) is 18.1 Å². The van der Waals surface area contributed by atoms with Gasteiger partial charge in [0.1, 0.15) is 0 Å². The fourth-order valence-electron chi connectivity index (χ4n) is 2.35. The average Bonchev–Trinajstić information content (AvgIpc) is 2.95. The second kappa shape index (κ2) is 7.44. The van der Waals surface area contributed by atoms with E-state index >= 15 is 0 Å². The molecule has 1 heterocycles. The van der Waals surface area contributed by atoms with Crippen molar-refractivity contribution in [3.05, 3.63) is 58.5 Å². The van der Waals surface area contributed by atoms with E-state index in [-0.39, 0.29) is 11.7 Å². The van der Waals surface area contributed by atoms with E-state index in [9.17, 15) is 9.90 Å². The number of aliphatic imine (C=N–C) groups is 1. The number of phenolic OH excluding ortho intramolecular Hbond substituents is 1. The first-order valence-corrected chi connectivity index (χ1v) is 8.66. The van der Waals surface area contributed by atoms with Crippen LogP contribution in [-0.2, 0) is 11.2 Å². The summed E-state index contributed by atoms with van der Waals surface area (Å²) in [5.41, 5.74) is 2.75. The van der Waals surface area contributed by atoms with Crippen LogP contribution in [0.3, 0.4) is 0 Å². The van der Waals surface area contributed by atoms with Gasteiger partial charge < -0.3 is 15.2 Å². The second-order valence-electron chi connectivity index (χ2n) is 5.43. The lowest BCUT2D eigenvalue weighted by molar-refractivity contribution is -0.115. The van der Waals surface area contributed by atoms with Crippen LogP contribution in [0.25, 0.3) is 6.08 Å². The van der Waals surface area contributed by atoms with E-state index in [1.165, 1.54) is 24.4 Å². The number of methoxy groups -OCH3 is 1. The molecule has 1 amide bonds. The molecule has 0 radical (unpaired) electrons. The van der Waals surface area contributed by atoms with Crippen molar-refractivity contribution in [2.45, 2.75) is 13.3 Å². The van der Waals surface area contributed by atoms with E-state index in [4.69, 9.17) is 4.74 Å². The van der Waals surface area contributed by atoms with Crippen molar-refractivity contribution in [3.63, 3.8) is 0 Å². The second-order valence-corrected chi connectivity index (χ2v) is 6.46. The maximum atomic E-state index is 12.1. The van der Waals surface area contributed by atoms with Gasteiger partial charge in [-0.25, -0.2) is 4.99 Å². The largest absolute Gasteiger partial charge is 0.504 e. The van der Waals surface area contributed by atoms with Gasteiger partial charge in [-0.15, -0.1) is 0 Å². The number of ether oxygens (including phenoxy) is 1. The Morgan fingerprint density at radius 2 is 2.00 bits per heavy atom. The molecule has 0 aromatic heterocycles. The Balaban J connectivity index is 1.79. The van der Waals surface area contributed by atoms with Gasteiger partial charge >= 0.3 is 0 Å². The van der Waals surface area contributed by atoms with Gasteiger partial charge in [0.05, 0.1) is 17.7 Å². The number of nitrogens with zero attached hydrogens (tertiary/aromatic N) is 1. The van der Waals surface area contributed by atoms with Gasteiger partial charge in [-0.1, -0.05) is 25.1 Å². The molecular formula is C19H18N2O3S. The van der Waals surface area contributed by atoms with Crippen molar-refractivity contribution in [2.75, 3.05) is 7.11 Å². The zero-order valence-corrected chi connectivity index (χ0v) is 14.8. The monoisotopic (exact) mass is 354 g/mol. The summed E-state index contributed by atoms with van der Waals surface area (Å²) < 4.78 is 5.02. The van der Waals surface area contributed by atoms with Gasteiger partial charge in [-0.05, 0) is 59.7 Å². The van der Waals surface area contributed by atoms with E-state index in [0.29, 0.717) is 21.4 Å². The molecule has 5 nitrogen and oxygen atoms in total. The molecule has 2 N–H and O–H groups in total. The summed E-state index contributed by atoms with van der Waals surface area (Å²) in [6.07, 6.45) is 2.69. The number of thioether (sulfide) groups is 1. The number of carbonyl (C=O) groups is 1. The van der Waals surface area contributed by atoms with E-state index in [2.05, 4.69) is 17.2 Å². The van der Waals surface area contributed by atoms with Gasteiger partial charge in [0.15, 0.2) is 16.7 Å². The molecule has 1 saturated heterocycles. The Hall–Kier alpha value is -2.73. The molecule has 1 fully saturated rings. The predicted octanol–water partition coefficient (Wildman–Crippen LogP) is 3.85. The quantitative estimate of drug-likeness (QED) is 0.818. The Bertz CT molecular complexity index is 857. The van der Waals surface area contributed by atoms with E-state index in [0.717, 1.165) is 12.1 Å². The predicted molar refractivity (Wildman–Crippen MR) is 101 cm³/mol. The number of hydrogen-bond acceptors (Lipinski definition) is 5. The highest BCUT2D eigenvalue weighted by atomic mass is 32.2. The van der Waals surface area contributed by atoms with Crippen LogP contribution in [0.2, 0.25) is 0 Å². The summed E-state index contributed by atoms with van der Waals surface area (Å²) in [6, 6.07) is 12.9. The highest BCUT2D eigenvalue weighted by molar-refractivity contribution is 8.18. The summed E-state index contributed by atoms with van der Waals surface area (Å²) in [6.45, 7) is 2.10. The zero-order valence-electron chi connectivity index (χ0n) is 13.9. The van der Waals surface area contributed by atoms with Crippen molar-refractivity contribution >= 4 is 34.6 Å². The lowest BCUT2D eigenvalue weighted by Crippen LogP contribution is -2.19. The molecule has 0 spiro atoms. The maximum Gasteiger partial charge on any atom is 0.264 e. The highest BCUT2D eigenvalue weighted by Crippen LogP contribution is 2.31. The number of carbonyl (C=O) groups excluding carboxylic acids is 1. The van der Waals surface area contributed by atoms with E-state index in [1.54, 1.807) is 24.3 Å². The van der Waals surface area contributed by atoms with E-state index in [1.807, 2.05) is 24.3 Å². The molecule has 2 aromatic rings. The first kappa shape index (κ1) is 17.1. The van der Waals surface area contributed by atoms with Gasteiger partial charge in [0.2, 0.25) is 0 Å². The Morgan fingerprint density at radius 3 is 2.64 bits per heavy atom. The highest BCUT2D eigenvalue weighted by Gasteiger charge is 2.23. The SMILES string of the molecule is CCc1ccc(N=C2NC(=O)/C(=C\c3ccc(OC)c(O)c3)S2)cc1. The van der Waals surface area contributed by atoms with Crippen LogP contribution in [-0.4, -0.2) is 23.3 Å². The molecule has 0 saturated carbocycles. The smallest absolute Gasteiger partial charge is 0.264 e. The van der Waals surface area contributed by atoms with Crippen LogP contribution < -0.4 is 10.1 Å². The first-order chi connectivity index (χ1) is 12.1. The zero-order chi connectivity index (χ0) is 17.8. The van der Waals surface area contributed by atoms with Crippen molar-refractivity contribution in [1.29, 1.82) is 0 Å². The van der Waals surface area contributed by atoms with Gasteiger partial charge in [0.25, 0.3) is 5.91 Å². The molecule has 128 valence electrons. The van der Waals surface area contributed by atoms with Crippen molar-refractivity contribution in [3.8, 4) is 11.5 Å². The number of benzene rings is 2. The Morgan fingerprint density at radius 1 is 1.24 bits per heavy atom. The summed E-state index contributed by atoms with van der Waals surface area (Å²) in [5, 5.41) is 13.1. The minimum absolute atomic E-state index is 0.0326. The number of aryl methyl sites for hydroxylation is 1. The van der Waals surface area contributed by atoms with Crippen molar-refractivity contribution < 1.29 is 14.6 Å². The summed E-state index contributed by atoms with van der Waals surface area (Å²) in [7, 11) is 1.49. The molecule has 0 aliphatic carbocycles. The third kappa shape index (κ3) is 4.03. The number of phenols is 1. The Labute approximate surface area is 150 Å². The van der Waals surface area contributed by atoms with Crippen molar-refractivity contribution in [2.24, 2.45) is 4.99 Å². The van der Waals surface area contributed by atoms with Crippen LogP contribution in [0.4, 0.5) is 5.69 Å². The van der Waals surface area contributed by atoms with Gasteiger partial charge in [0, 0.05) is 0 Å². The molecule has 0 bridgehead atoms. The van der Waals surface area contributed by atoms with Crippen LogP contribution in [0, 0.1) is 0 Å². The number of amidine groups is 1. The Kier molecular flexibility index (Phi) is 5.09. The molecule has 0 unspecified atom stereocenters. The van der Waals surface area contributed by atoms with Crippen LogP contribution in [0.5, 0.6) is 11.5 Å². The minimum Gasteiger partial charge on any atom is -0.504 e. The lowest BCUT2D eigenvalue weighted by atomic mass is 10.2. The number of aromatic hydroxyl groups is 1. The standard InChI is InChI=1S/C19H18N2O3S/c1-3-12-4-7-14(8-5-12)20-19-21-18(23)17(25-19)11-13-6-9-16(24-2)15(22)10-13/h4-11,22H,3H2,1-2H3,(H,20,21,23)/b17-11+. The average molecular weight is 354 g/mol. The fraction of sp³-hybridized carbons (Fsp3) is 0.158. The summed E-state index contributed by atoms with van der Waals surface area (Å²) >= 11 is 1.27. The minimum atomic E-state index is -0.204. The first-order valence-electron chi connectivity index (χ1n) is 7.84. The molecule has 1 aliphatic heterocycles. The summed E-state index contributed by atoms with van der Waals surface area (Å²) in [5.74, 6) is 0.220. The van der Waals surface area contributed by atoms with Crippen LogP contribution >= 0.6 is 11.8 Å². The van der Waals surface area contributed by atoms with Gasteiger partial charge in [-0.3, -0.25) is 4.79 Å². The molecular weight excluding hydrogens is 336 g/mol. The number of rotatable bonds is 4. The van der Waals surface area contributed by atoms with E-state index < -0.39 is 0 Å². The van der Waals surface area contributed by atoms with Crippen molar-refractivity contribution in [1.82, 2.24) is 5.32 Å². The molecule has 3 rings (SSSR count). The number of nitrogens with one attached hydrogen (secondary N) is 1. The molecule has 6 heteroatoms. The summed E-state index contributed by atoms with van der Waals surface area (Å²) in [4.78, 5) is 17.1. The maximum absolute atomic E-state index is 12.1. The van der Waals surface area contributed by atoms with Gasteiger partial charge in [-0.2, -0.15) is 0 Å². The number of hydrogen-bond donors (Lipinski definition) is 2. The topological polar surface area (TPSA) is 70.9 Å². The van der Waals surface area contributed by atoms with Crippen LogP contribution in [0.15, 0.2) is 52.4 Å². The normalized spacial score (nSPS) is 17.1. The fourth-order valence-corrected chi connectivity index (χ4v) is 3.19. The molecule has 25 heavy (non-hydrogen) atoms. The molecule has 0 atom stereocenters. The third-order valence-corrected chi connectivity index (χ3v) is 4.64. The molecule has 2 aromatic carbocycles. The third-order valence-electron chi connectivity index (χ3n) is 3.73. The lowest BCUT2D eigenvalue weighted by Gasteiger charge is -2.03. The number of amides is 1.